The van der Waals surface area contributed by atoms with Crippen molar-refractivity contribution >= 4 is 35.1 Å². The number of benzene rings is 2. The number of halogens is 1. The zero-order chi connectivity index (χ0) is 23.2. The van der Waals surface area contributed by atoms with Crippen LogP contribution in [0.25, 0.3) is 6.08 Å². The monoisotopic (exact) mass is 458 g/mol. The maximum Gasteiger partial charge on any atom is 0.329 e. The summed E-state index contributed by atoms with van der Waals surface area (Å²) in [7, 11) is 1.25. The van der Waals surface area contributed by atoms with Gasteiger partial charge in [-0.3, -0.25) is 9.59 Å². The van der Waals surface area contributed by atoms with Gasteiger partial charge in [0, 0.05) is 16.3 Å². The molecule has 0 saturated carbocycles. The first-order chi connectivity index (χ1) is 16.0. The van der Waals surface area contributed by atoms with E-state index in [1.54, 1.807) is 42.5 Å². The topological polar surface area (TPSA) is 83.5 Å². The van der Waals surface area contributed by atoms with Gasteiger partial charge in [-0.25, -0.2) is 0 Å². The van der Waals surface area contributed by atoms with Gasteiger partial charge in [0.1, 0.15) is 11.8 Å². The molecule has 6 nitrogen and oxygen atoms in total. The molecule has 0 aliphatic carbocycles. The van der Waals surface area contributed by atoms with Crippen molar-refractivity contribution in [2.45, 2.75) is 18.0 Å². The van der Waals surface area contributed by atoms with Crippen LogP contribution in [0.4, 0.5) is 5.69 Å². The van der Waals surface area contributed by atoms with Gasteiger partial charge in [-0.1, -0.05) is 42.0 Å². The van der Waals surface area contributed by atoms with Crippen LogP contribution in [0.5, 0.6) is 0 Å². The van der Waals surface area contributed by atoms with Crippen LogP contribution in [-0.4, -0.2) is 30.9 Å². The fourth-order valence-corrected chi connectivity index (χ4v) is 5.22. The predicted molar refractivity (Wildman–Crippen MR) is 123 cm³/mol. The molecule has 3 aromatic rings. The number of carbonyl (C=O) groups excluding carboxylic acids is 2. The summed E-state index contributed by atoms with van der Waals surface area (Å²) in [6, 6.07) is 18.1. The number of ether oxygens (including phenoxy) is 1. The van der Waals surface area contributed by atoms with Gasteiger partial charge >= 0.3 is 5.97 Å². The molecule has 2 aliphatic rings. The molecule has 0 unspecified atom stereocenters. The quantitative estimate of drug-likeness (QED) is 0.410. The minimum Gasteiger partial charge on any atom is -0.469 e. The van der Waals surface area contributed by atoms with Crippen molar-refractivity contribution < 1.29 is 18.7 Å². The van der Waals surface area contributed by atoms with Gasteiger partial charge < -0.3 is 14.1 Å². The summed E-state index contributed by atoms with van der Waals surface area (Å²) in [6.07, 6.45) is 5.15. The summed E-state index contributed by atoms with van der Waals surface area (Å²) in [6.45, 7) is 0. The number of hydrogen-bond acceptors (Lipinski definition) is 6. The number of esters is 1. The number of para-hydroxylation sites is 1. The van der Waals surface area contributed by atoms with E-state index in [9.17, 15) is 14.9 Å². The zero-order valence-electron chi connectivity index (χ0n) is 17.6. The fourth-order valence-electron chi connectivity index (χ4n) is 5.10. The Bertz CT molecular complexity index is 1290. The van der Waals surface area contributed by atoms with Gasteiger partial charge in [-0.15, -0.1) is 0 Å². The Morgan fingerprint density at radius 2 is 1.88 bits per heavy atom. The lowest BCUT2D eigenvalue weighted by molar-refractivity contribution is -0.150. The molecule has 0 bridgehead atoms. The van der Waals surface area contributed by atoms with E-state index in [-0.39, 0.29) is 5.78 Å². The maximum absolute atomic E-state index is 14.0. The Morgan fingerprint density at radius 3 is 2.55 bits per heavy atom. The molecular weight excluding hydrogens is 440 g/mol. The van der Waals surface area contributed by atoms with E-state index in [1.807, 2.05) is 35.2 Å². The van der Waals surface area contributed by atoms with Gasteiger partial charge in [-0.05, 0) is 48.0 Å². The van der Waals surface area contributed by atoms with Gasteiger partial charge in [-0.2, -0.15) is 5.26 Å². The van der Waals surface area contributed by atoms with E-state index < -0.39 is 29.4 Å². The number of methoxy groups -OCH3 is 1. The van der Waals surface area contributed by atoms with Crippen LogP contribution in [-0.2, 0) is 9.53 Å². The standard InChI is InChI=1S/C26H19ClN2O4/c1-32-25(31)26(15-28)21-13-10-16-5-2-3-6-19(16)29(21)23(22(26)20-7-4-14-33-20)24(30)17-8-11-18(27)12-9-17/h2-14,21-23H,1H3/t21-,22+,23-,26-/m1/s1. The number of anilines is 1. The van der Waals surface area contributed by atoms with E-state index in [4.69, 9.17) is 20.8 Å². The maximum atomic E-state index is 14.0. The molecule has 33 heavy (non-hydrogen) atoms. The minimum absolute atomic E-state index is 0.246. The number of nitrogens with zero attached hydrogens (tertiary/aromatic N) is 2. The Balaban J connectivity index is 1.79. The van der Waals surface area contributed by atoms with E-state index in [0.29, 0.717) is 16.3 Å². The first-order valence-electron chi connectivity index (χ1n) is 10.4. The number of ketones is 1. The molecule has 164 valence electrons. The van der Waals surface area contributed by atoms with Gasteiger partial charge in [0.2, 0.25) is 0 Å². The van der Waals surface area contributed by atoms with Crippen molar-refractivity contribution in [3.8, 4) is 6.07 Å². The Kier molecular flexibility index (Phi) is 5.07. The number of fused-ring (bicyclic) bond motifs is 3. The molecule has 1 fully saturated rings. The van der Waals surface area contributed by atoms with E-state index in [0.717, 1.165) is 11.3 Å². The molecule has 0 radical (unpaired) electrons. The van der Waals surface area contributed by atoms with E-state index in [1.165, 1.54) is 13.4 Å². The van der Waals surface area contributed by atoms with Crippen molar-refractivity contribution in [1.82, 2.24) is 0 Å². The molecule has 4 atom stereocenters. The second kappa shape index (κ2) is 7.95. The summed E-state index contributed by atoms with van der Waals surface area (Å²) in [5.74, 6) is -1.50. The minimum atomic E-state index is -1.70. The number of carbonyl (C=O) groups is 2. The third kappa shape index (κ3) is 3.00. The van der Waals surface area contributed by atoms with Crippen LogP contribution in [0.3, 0.4) is 0 Å². The van der Waals surface area contributed by atoms with Crippen LogP contribution in [0, 0.1) is 16.7 Å². The first-order valence-corrected chi connectivity index (χ1v) is 10.8. The lowest BCUT2D eigenvalue weighted by Gasteiger charge is -2.36. The lowest BCUT2D eigenvalue weighted by atomic mass is 9.70. The molecule has 1 saturated heterocycles. The zero-order valence-corrected chi connectivity index (χ0v) is 18.4. The number of Topliss-reactive ketones (excluding diaryl/α,β-unsaturated/α-hetero) is 1. The summed E-state index contributed by atoms with van der Waals surface area (Å²) in [5, 5.41) is 11.0. The third-order valence-electron chi connectivity index (χ3n) is 6.50. The van der Waals surface area contributed by atoms with Crippen molar-refractivity contribution in [2.75, 3.05) is 12.0 Å². The van der Waals surface area contributed by atoms with Crippen LogP contribution >= 0.6 is 11.6 Å². The molecule has 5 rings (SSSR count). The molecule has 0 amide bonds. The molecule has 1 aromatic heterocycles. The largest absolute Gasteiger partial charge is 0.469 e. The molecule has 2 aliphatic heterocycles. The highest BCUT2D eigenvalue weighted by atomic mass is 35.5. The average molecular weight is 459 g/mol. The summed E-state index contributed by atoms with van der Waals surface area (Å²) < 4.78 is 10.9. The Labute approximate surface area is 195 Å². The third-order valence-corrected chi connectivity index (χ3v) is 6.75. The van der Waals surface area contributed by atoms with Crippen molar-refractivity contribution in [2.24, 2.45) is 5.41 Å². The highest BCUT2D eigenvalue weighted by Crippen LogP contribution is 2.56. The fraction of sp³-hybridized carbons (Fsp3) is 0.192. The van der Waals surface area contributed by atoms with Crippen molar-refractivity contribution in [3.63, 3.8) is 0 Å². The van der Waals surface area contributed by atoms with Gasteiger partial charge in [0.15, 0.2) is 11.2 Å². The van der Waals surface area contributed by atoms with Crippen LogP contribution in [0.2, 0.25) is 5.02 Å². The Morgan fingerprint density at radius 1 is 1.12 bits per heavy atom. The van der Waals surface area contributed by atoms with E-state index in [2.05, 4.69) is 6.07 Å². The Hall–Kier alpha value is -3.82. The number of rotatable bonds is 4. The van der Waals surface area contributed by atoms with E-state index >= 15 is 0 Å². The molecule has 2 aromatic carbocycles. The highest BCUT2D eigenvalue weighted by molar-refractivity contribution is 6.30. The highest BCUT2D eigenvalue weighted by Gasteiger charge is 2.68. The van der Waals surface area contributed by atoms with Crippen LogP contribution < -0.4 is 4.90 Å². The second-order valence-corrected chi connectivity index (χ2v) is 8.49. The number of nitriles is 1. The van der Waals surface area contributed by atoms with Crippen LogP contribution in [0.1, 0.15) is 27.6 Å². The first kappa shape index (κ1) is 21.0. The summed E-state index contributed by atoms with van der Waals surface area (Å²) in [5.41, 5.74) is 0.364. The SMILES string of the molecule is COC(=O)[C@@]1(C#N)[C@@H](c2ccco2)[C@H](C(=O)c2ccc(Cl)cc2)N2c3ccccc3C=C[C@@H]21. The molecular formula is C26H19ClN2O4. The van der Waals surface area contributed by atoms with Gasteiger partial charge in [0.25, 0.3) is 0 Å². The molecule has 0 spiro atoms. The molecule has 7 heteroatoms. The predicted octanol–water partition coefficient (Wildman–Crippen LogP) is 4.87. The summed E-state index contributed by atoms with van der Waals surface area (Å²) >= 11 is 6.04. The molecule has 0 N–H and O–H groups in total. The summed E-state index contributed by atoms with van der Waals surface area (Å²) in [4.78, 5) is 29.2. The van der Waals surface area contributed by atoms with Gasteiger partial charge in [0.05, 0.1) is 31.4 Å². The number of furan rings is 1. The van der Waals surface area contributed by atoms with Crippen LogP contribution in [0.15, 0.2) is 77.4 Å². The van der Waals surface area contributed by atoms with Crippen molar-refractivity contribution in [1.29, 1.82) is 5.26 Å². The second-order valence-electron chi connectivity index (χ2n) is 8.05. The molecule has 3 heterocycles. The smallest absolute Gasteiger partial charge is 0.329 e. The number of hydrogen-bond donors (Lipinski definition) is 0. The van der Waals surface area contributed by atoms with Crippen molar-refractivity contribution in [3.05, 3.63) is 94.9 Å². The lowest BCUT2D eigenvalue weighted by Crippen LogP contribution is -2.46. The normalized spacial score (nSPS) is 25.1. The average Bonchev–Trinajstić information content (AvgIpc) is 3.48.